The lowest BCUT2D eigenvalue weighted by Gasteiger charge is -2.25. The molecule has 1 aliphatic rings. The molecule has 0 aromatic heterocycles. The van der Waals surface area contributed by atoms with Gasteiger partial charge in [0.15, 0.2) is 0 Å². The molecule has 1 aliphatic heterocycles. The van der Waals surface area contributed by atoms with Crippen LogP contribution in [0.4, 0.5) is 5.69 Å². The molecule has 0 radical (unpaired) electrons. The zero-order valence-electron chi connectivity index (χ0n) is 18.6. The molecular formula is C26H33ClN2O2. The molecule has 2 amide bonds. The van der Waals surface area contributed by atoms with E-state index in [9.17, 15) is 9.59 Å². The number of fused-ring (bicyclic) bond motifs is 1. The van der Waals surface area contributed by atoms with Gasteiger partial charge in [0.1, 0.15) is 0 Å². The molecule has 0 spiro atoms. The summed E-state index contributed by atoms with van der Waals surface area (Å²) in [4.78, 5) is 27.7. The van der Waals surface area contributed by atoms with E-state index in [2.05, 4.69) is 12.2 Å². The maximum Gasteiger partial charge on any atom is 0.258 e. The third kappa shape index (κ3) is 5.88. The Morgan fingerprint density at radius 1 is 0.968 bits per heavy atom. The highest BCUT2D eigenvalue weighted by atomic mass is 35.5. The maximum absolute atomic E-state index is 13.3. The lowest BCUT2D eigenvalue weighted by molar-refractivity contribution is -0.121. The van der Waals surface area contributed by atoms with Crippen LogP contribution in [0.2, 0.25) is 5.02 Å². The van der Waals surface area contributed by atoms with Crippen LogP contribution in [0.1, 0.15) is 80.6 Å². The summed E-state index contributed by atoms with van der Waals surface area (Å²) in [5.41, 5.74) is 2.55. The number of carbonyl (C=O) groups excluding carboxylic acids is 2. The molecule has 3 rings (SSSR count). The van der Waals surface area contributed by atoms with E-state index in [-0.39, 0.29) is 23.8 Å². The lowest BCUT2D eigenvalue weighted by Crippen LogP contribution is -2.38. The first-order valence-corrected chi connectivity index (χ1v) is 11.9. The smallest absolute Gasteiger partial charge is 0.258 e. The number of carbonyl (C=O) groups is 2. The van der Waals surface area contributed by atoms with Gasteiger partial charge in [0.25, 0.3) is 5.91 Å². The van der Waals surface area contributed by atoms with Crippen LogP contribution in [0.25, 0.3) is 0 Å². The Hall–Kier alpha value is -2.33. The Labute approximate surface area is 191 Å². The van der Waals surface area contributed by atoms with Crippen molar-refractivity contribution in [1.82, 2.24) is 5.32 Å². The zero-order chi connectivity index (χ0) is 22.2. The molecule has 2 aromatic carbocycles. The van der Waals surface area contributed by atoms with Gasteiger partial charge < -0.3 is 10.2 Å². The first-order valence-electron chi connectivity index (χ1n) is 11.5. The van der Waals surface area contributed by atoms with Crippen molar-refractivity contribution in [3.8, 4) is 0 Å². The second kappa shape index (κ2) is 11.3. The van der Waals surface area contributed by atoms with Crippen LogP contribution < -0.4 is 10.2 Å². The van der Waals surface area contributed by atoms with Crippen LogP contribution in [0, 0.1) is 0 Å². The number of amides is 2. The number of hydrogen-bond acceptors (Lipinski definition) is 2. The van der Waals surface area contributed by atoms with Gasteiger partial charge in [-0.05, 0) is 49.2 Å². The van der Waals surface area contributed by atoms with E-state index >= 15 is 0 Å². The van der Waals surface area contributed by atoms with E-state index < -0.39 is 0 Å². The molecule has 31 heavy (non-hydrogen) atoms. The molecule has 2 atom stereocenters. The Morgan fingerprint density at radius 3 is 2.39 bits per heavy atom. The SMILES string of the molecule is CCCCCCCCNC(=O)CC1c2ccccc2N(C(=O)c2ccc(Cl)cc2)C1C. The lowest BCUT2D eigenvalue weighted by atomic mass is 9.92. The highest BCUT2D eigenvalue weighted by molar-refractivity contribution is 6.30. The summed E-state index contributed by atoms with van der Waals surface area (Å²) in [6, 6.07) is 14.8. The molecule has 1 N–H and O–H groups in total. The van der Waals surface area contributed by atoms with Gasteiger partial charge in [-0.2, -0.15) is 0 Å². The Bertz CT molecular complexity index is 881. The summed E-state index contributed by atoms with van der Waals surface area (Å²) in [6.45, 7) is 4.97. The van der Waals surface area contributed by atoms with Crippen LogP contribution in [-0.4, -0.2) is 24.4 Å². The normalized spacial score (nSPS) is 17.5. The van der Waals surface area contributed by atoms with E-state index in [1.54, 1.807) is 24.3 Å². The molecule has 2 aromatic rings. The summed E-state index contributed by atoms with van der Waals surface area (Å²) in [6.07, 6.45) is 7.61. The fourth-order valence-corrected chi connectivity index (χ4v) is 4.52. The molecular weight excluding hydrogens is 408 g/mol. The fraction of sp³-hybridized carbons (Fsp3) is 0.462. The Morgan fingerprint density at radius 2 is 1.65 bits per heavy atom. The number of para-hydroxylation sites is 1. The van der Waals surface area contributed by atoms with Crippen molar-refractivity contribution in [2.45, 2.75) is 70.8 Å². The van der Waals surface area contributed by atoms with Crippen LogP contribution in [0.5, 0.6) is 0 Å². The van der Waals surface area contributed by atoms with Gasteiger partial charge in [-0.3, -0.25) is 9.59 Å². The second-order valence-electron chi connectivity index (χ2n) is 8.41. The van der Waals surface area contributed by atoms with E-state index in [4.69, 9.17) is 11.6 Å². The molecule has 0 saturated carbocycles. The summed E-state index contributed by atoms with van der Waals surface area (Å²) in [5, 5.41) is 3.68. The molecule has 5 heteroatoms. The Kier molecular flexibility index (Phi) is 8.53. The molecule has 0 saturated heterocycles. The van der Waals surface area contributed by atoms with Crippen molar-refractivity contribution in [2.75, 3.05) is 11.4 Å². The number of halogens is 1. The predicted octanol–water partition coefficient (Wildman–Crippen LogP) is 6.34. The van der Waals surface area contributed by atoms with Gasteiger partial charge in [-0.15, -0.1) is 0 Å². The predicted molar refractivity (Wildman–Crippen MR) is 128 cm³/mol. The highest BCUT2D eigenvalue weighted by Crippen LogP contribution is 2.43. The summed E-state index contributed by atoms with van der Waals surface area (Å²) >= 11 is 5.98. The number of unbranched alkanes of at least 4 members (excludes halogenated alkanes) is 5. The molecule has 0 fully saturated rings. The zero-order valence-corrected chi connectivity index (χ0v) is 19.3. The van der Waals surface area contributed by atoms with Crippen LogP contribution in [-0.2, 0) is 4.79 Å². The third-order valence-electron chi connectivity index (χ3n) is 6.15. The van der Waals surface area contributed by atoms with Crippen LogP contribution in [0.15, 0.2) is 48.5 Å². The third-order valence-corrected chi connectivity index (χ3v) is 6.41. The van der Waals surface area contributed by atoms with E-state index in [0.29, 0.717) is 17.0 Å². The van der Waals surface area contributed by atoms with Crippen molar-refractivity contribution in [1.29, 1.82) is 0 Å². The first kappa shape index (κ1) is 23.3. The van der Waals surface area contributed by atoms with E-state index in [1.807, 2.05) is 36.1 Å². The largest absolute Gasteiger partial charge is 0.356 e. The van der Waals surface area contributed by atoms with Crippen LogP contribution >= 0.6 is 11.6 Å². The molecule has 0 aliphatic carbocycles. The van der Waals surface area contributed by atoms with E-state index in [1.165, 1.54) is 25.7 Å². The molecule has 4 nitrogen and oxygen atoms in total. The number of rotatable bonds is 10. The van der Waals surface area contributed by atoms with Gasteiger partial charge in [-0.25, -0.2) is 0 Å². The molecule has 0 bridgehead atoms. The van der Waals surface area contributed by atoms with Gasteiger partial charge in [0, 0.05) is 41.2 Å². The summed E-state index contributed by atoms with van der Waals surface area (Å²) in [7, 11) is 0. The Balaban J connectivity index is 1.62. The van der Waals surface area contributed by atoms with Crippen molar-refractivity contribution in [3.05, 3.63) is 64.7 Å². The van der Waals surface area contributed by atoms with Gasteiger partial charge in [0.2, 0.25) is 5.91 Å². The fourth-order valence-electron chi connectivity index (χ4n) is 4.39. The van der Waals surface area contributed by atoms with Crippen molar-refractivity contribution < 1.29 is 9.59 Å². The first-order chi connectivity index (χ1) is 15.0. The standard InChI is InChI=1S/C26H33ClN2O2/c1-3-4-5-6-7-10-17-28-25(30)18-23-19(2)29(24-12-9-8-11-22(23)24)26(31)20-13-15-21(27)16-14-20/h8-9,11-16,19,23H,3-7,10,17-18H2,1-2H3,(H,28,30). The van der Waals surface area contributed by atoms with E-state index in [0.717, 1.165) is 30.6 Å². The monoisotopic (exact) mass is 440 g/mol. The summed E-state index contributed by atoms with van der Waals surface area (Å²) < 4.78 is 0. The van der Waals surface area contributed by atoms with Crippen LogP contribution in [0.3, 0.4) is 0 Å². The van der Waals surface area contributed by atoms with Crippen molar-refractivity contribution in [3.63, 3.8) is 0 Å². The molecule has 1 heterocycles. The quantitative estimate of drug-likeness (QED) is 0.438. The highest BCUT2D eigenvalue weighted by Gasteiger charge is 2.39. The number of hydrogen-bond donors (Lipinski definition) is 1. The maximum atomic E-state index is 13.3. The number of nitrogens with one attached hydrogen (secondary N) is 1. The van der Waals surface area contributed by atoms with Crippen molar-refractivity contribution >= 4 is 29.1 Å². The molecule has 2 unspecified atom stereocenters. The van der Waals surface area contributed by atoms with Gasteiger partial charge in [-0.1, -0.05) is 68.8 Å². The number of anilines is 1. The minimum atomic E-state index is -0.0969. The number of nitrogens with zero attached hydrogens (tertiary/aromatic N) is 1. The van der Waals surface area contributed by atoms with Gasteiger partial charge in [0.05, 0.1) is 0 Å². The summed E-state index contributed by atoms with van der Waals surface area (Å²) in [5.74, 6) is -0.0235. The topological polar surface area (TPSA) is 49.4 Å². The van der Waals surface area contributed by atoms with Crippen molar-refractivity contribution in [2.24, 2.45) is 0 Å². The average Bonchev–Trinajstić information content (AvgIpc) is 3.04. The molecule has 166 valence electrons. The van der Waals surface area contributed by atoms with Gasteiger partial charge >= 0.3 is 0 Å². The minimum Gasteiger partial charge on any atom is -0.356 e. The average molecular weight is 441 g/mol. The minimum absolute atomic E-state index is 0.0167. The number of benzene rings is 2. The second-order valence-corrected chi connectivity index (χ2v) is 8.85.